The van der Waals surface area contributed by atoms with Gasteiger partial charge in [0.2, 0.25) is 5.88 Å². The van der Waals surface area contributed by atoms with Gasteiger partial charge >= 0.3 is 0 Å². The van der Waals surface area contributed by atoms with E-state index in [9.17, 15) is 0 Å². The number of nitrogens with zero attached hydrogens (tertiary/aromatic N) is 2. The summed E-state index contributed by atoms with van der Waals surface area (Å²) in [5.41, 5.74) is 9.21. The van der Waals surface area contributed by atoms with Gasteiger partial charge in [0.05, 0.1) is 5.69 Å². The summed E-state index contributed by atoms with van der Waals surface area (Å²) in [7, 11) is 0. The van der Waals surface area contributed by atoms with E-state index in [-0.39, 0.29) is 0 Å². The molecule has 2 rings (SSSR count). The molecule has 4 nitrogen and oxygen atoms in total. The zero-order valence-electron chi connectivity index (χ0n) is 11.4. The second-order valence-electron chi connectivity index (χ2n) is 4.84. The van der Waals surface area contributed by atoms with Crippen LogP contribution in [0.3, 0.4) is 0 Å². The number of aromatic nitrogens is 2. The zero-order chi connectivity index (χ0) is 13.0. The van der Waals surface area contributed by atoms with Crippen LogP contribution in [-0.4, -0.2) is 16.3 Å². The van der Waals surface area contributed by atoms with Crippen molar-refractivity contribution in [1.82, 2.24) is 10.2 Å². The van der Waals surface area contributed by atoms with Gasteiger partial charge in [-0.3, -0.25) is 0 Å². The second kappa shape index (κ2) is 6.14. The summed E-state index contributed by atoms with van der Waals surface area (Å²) in [5, 5.41) is 8.53. The minimum absolute atomic E-state index is 0.307. The molecule has 1 heterocycles. The lowest BCUT2D eigenvalue weighted by molar-refractivity contribution is 0.196. The van der Waals surface area contributed by atoms with Gasteiger partial charge in [-0.15, -0.1) is 5.10 Å². The van der Waals surface area contributed by atoms with Gasteiger partial charge in [-0.1, -0.05) is 13.8 Å². The van der Waals surface area contributed by atoms with Gasteiger partial charge in [0.1, 0.15) is 6.10 Å². The fourth-order valence-corrected chi connectivity index (χ4v) is 2.70. The summed E-state index contributed by atoms with van der Waals surface area (Å²) in [4.78, 5) is 0. The molecule has 2 N–H and O–H groups in total. The van der Waals surface area contributed by atoms with Crippen LogP contribution in [0.15, 0.2) is 0 Å². The summed E-state index contributed by atoms with van der Waals surface area (Å²) < 4.78 is 5.99. The minimum Gasteiger partial charge on any atom is -0.473 e. The third-order valence-corrected chi connectivity index (χ3v) is 3.71. The largest absolute Gasteiger partial charge is 0.473 e. The summed E-state index contributed by atoms with van der Waals surface area (Å²) in [6, 6.07) is 0. The van der Waals surface area contributed by atoms with Gasteiger partial charge < -0.3 is 10.5 Å². The first-order valence-corrected chi connectivity index (χ1v) is 7.04. The molecular formula is C14H23N3O. The molecule has 1 saturated carbocycles. The van der Waals surface area contributed by atoms with Crippen LogP contribution < -0.4 is 10.5 Å². The van der Waals surface area contributed by atoms with E-state index in [1.165, 1.54) is 18.4 Å². The molecule has 1 aliphatic rings. The Balaban J connectivity index is 2.28. The lowest BCUT2D eigenvalue weighted by atomic mass is 10.0. The SMILES string of the molecule is CCc1nnc(OC2CCCC2)c(CN)c1CC. The predicted octanol–water partition coefficient (Wildman–Crippen LogP) is 2.38. The van der Waals surface area contributed by atoms with Crippen LogP contribution in [0.2, 0.25) is 0 Å². The summed E-state index contributed by atoms with van der Waals surface area (Å²) in [6.07, 6.45) is 6.90. The standard InChI is InChI=1S/C14H23N3O/c1-3-11-12(9-15)14(17-16-13(11)4-2)18-10-7-5-6-8-10/h10H,3-9,15H2,1-2H3. The number of aryl methyl sites for hydroxylation is 1. The van der Waals surface area contributed by atoms with Crippen LogP contribution >= 0.6 is 0 Å². The third-order valence-electron chi connectivity index (χ3n) is 3.71. The molecule has 4 heteroatoms. The van der Waals surface area contributed by atoms with Crippen molar-refractivity contribution in [2.24, 2.45) is 5.73 Å². The molecule has 1 aliphatic carbocycles. The molecule has 18 heavy (non-hydrogen) atoms. The first-order chi connectivity index (χ1) is 8.80. The van der Waals surface area contributed by atoms with Crippen LogP contribution in [0.4, 0.5) is 0 Å². The van der Waals surface area contributed by atoms with Crippen molar-refractivity contribution < 1.29 is 4.74 Å². The quantitative estimate of drug-likeness (QED) is 0.870. The molecule has 0 atom stereocenters. The minimum atomic E-state index is 0.307. The van der Waals surface area contributed by atoms with Gasteiger partial charge in [0.15, 0.2) is 0 Å². The van der Waals surface area contributed by atoms with Crippen LogP contribution in [0.5, 0.6) is 5.88 Å². The summed E-state index contributed by atoms with van der Waals surface area (Å²) >= 11 is 0. The Kier molecular flexibility index (Phi) is 4.53. The topological polar surface area (TPSA) is 61.0 Å². The average Bonchev–Trinajstić information content (AvgIpc) is 2.90. The number of ether oxygens (including phenoxy) is 1. The van der Waals surface area contributed by atoms with E-state index in [1.54, 1.807) is 0 Å². The zero-order valence-corrected chi connectivity index (χ0v) is 11.4. The molecule has 0 spiro atoms. The van der Waals surface area contributed by atoms with Gasteiger partial charge in [-0.2, -0.15) is 5.10 Å². The molecule has 0 amide bonds. The van der Waals surface area contributed by atoms with E-state index in [1.807, 2.05) is 0 Å². The lowest BCUT2D eigenvalue weighted by Gasteiger charge is -2.17. The van der Waals surface area contributed by atoms with Crippen molar-refractivity contribution in [2.45, 2.75) is 65.0 Å². The smallest absolute Gasteiger partial charge is 0.238 e. The molecule has 0 aromatic carbocycles. The van der Waals surface area contributed by atoms with E-state index >= 15 is 0 Å². The molecule has 0 saturated heterocycles. The van der Waals surface area contributed by atoms with Gasteiger partial charge in [0, 0.05) is 12.1 Å². The summed E-state index contributed by atoms with van der Waals surface area (Å²) in [5.74, 6) is 0.665. The Labute approximate surface area is 109 Å². The molecule has 1 aromatic rings. The fourth-order valence-electron chi connectivity index (χ4n) is 2.70. The normalized spacial score (nSPS) is 16.2. The Morgan fingerprint density at radius 2 is 1.83 bits per heavy atom. The Morgan fingerprint density at radius 1 is 1.11 bits per heavy atom. The first kappa shape index (κ1) is 13.3. The molecule has 0 bridgehead atoms. The average molecular weight is 249 g/mol. The van der Waals surface area contributed by atoms with E-state index in [0.29, 0.717) is 18.5 Å². The number of rotatable bonds is 5. The highest BCUT2D eigenvalue weighted by Crippen LogP contribution is 2.27. The van der Waals surface area contributed by atoms with Crippen molar-refractivity contribution in [3.8, 4) is 5.88 Å². The molecule has 1 fully saturated rings. The Bertz CT molecular complexity index is 400. The van der Waals surface area contributed by atoms with Crippen molar-refractivity contribution in [1.29, 1.82) is 0 Å². The van der Waals surface area contributed by atoms with Crippen molar-refractivity contribution >= 4 is 0 Å². The second-order valence-corrected chi connectivity index (χ2v) is 4.84. The van der Waals surface area contributed by atoms with Crippen molar-refractivity contribution in [3.05, 3.63) is 16.8 Å². The maximum Gasteiger partial charge on any atom is 0.238 e. The van der Waals surface area contributed by atoms with Gasteiger partial charge in [0.25, 0.3) is 0 Å². The van der Waals surface area contributed by atoms with E-state index < -0.39 is 0 Å². The predicted molar refractivity (Wildman–Crippen MR) is 71.6 cm³/mol. The highest BCUT2D eigenvalue weighted by atomic mass is 16.5. The molecule has 0 radical (unpaired) electrons. The maximum atomic E-state index is 5.99. The highest BCUT2D eigenvalue weighted by Gasteiger charge is 2.21. The van der Waals surface area contributed by atoms with Crippen LogP contribution in [-0.2, 0) is 19.4 Å². The maximum absolute atomic E-state index is 5.99. The van der Waals surface area contributed by atoms with Crippen molar-refractivity contribution in [2.75, 3.05) is 0 Å². The Hall–Kier alpha value is -1.16. The van der Waals surface area contributed by atoms with E-state index in [0.717, 1.165) is 36.9 Å². The van der Waals surface area contributed by atoms with Gasteiger partial charge in [-0.25, -0.2) is 0 Å². The summed E-state index contributed by atoms with van der Waals surface area (Å²) in [6.45, 7) is 4.71. The van der Waals surface area contributed by atoms with Crippen molar-refractivity contribution in [3.63, 3.8) is 0 Å². The monoisotopic (exact) mass is 249 g/mol. The third kappa shape index (κ3) is 2.64. The van der Waals surface area contributed by atoms with E-state index in [2.05, 4.69) is 24.0 Å². The van der Waals surface area contributed by atoms with E-state index in [4.69, 9.17) is 10.5 Å². The molecule has 1 aromatic heterocycles. The lowest BCUT2D eigenvalue weighted by Crippen LogP contribution is -2.17. The van der Waals surface area contributed by atoms with Crippen LogP contribution in [0, 0.1) is 0 Å². The van der Waals surface area contributed by atoms with Crippen LogP contribution in [0.1, 0.15) is 56.4 Å². The number of hydrogen-bond donors (Lipinski definition) is 1. The van der Waals surface area contributed by atoms with Gasteiger partial charge in [-0.05, 0) is 44.1 Å². The number of hydrogen-bond acceptors (Lipinski definition) is 4. The number of nitrogens with two attached hydrogens (primary N) is 1. The van der Waals surface area contributed by atoms with Crippen LogP contribution in [0.25, 0.3) is 0 Å². The molecule has 0 unspecified atom stereocenters. The molecule has 0 aliphatic heterocycles. The molecular weight excluding hydrogens is 226 g/mol. The Morgan fingerprint density at radius 3 is 2.39 bits per heavy atom. The fraction of sp³-hybridized carbons (Fsp3) is 0.714. The molecule has 100 valence electrons. The highest BCUT2D eigenvalue weighted by molar-refractivity contribution is 5.37. The first-order valence-electron chi connectivity index (χ1n) is 7.04.